The van der Waals surface area contributed by atoms with Gasteiger partial charge in [-0.1, -0.05) is 48.5 Å². The third-order valence-corrected chi connectivity index (χ3v) is 5.75. The Hall–Kier alpha value is -4.37. The maximum absolute atomic E-state index is 14.4. The Labute approximate surface area is 213 Å². The fourth-order valence-electron chi connectivity index (χ4n) is 3.74. The molecule has 0 spiro atoms. The van der Waals surface area contributed by atoms with Gasteiger partial charge >= 0.3 is 0 Å². The highest BCUT2D eigenvalue weighted by atomic mass is 19.1. The molecule has 0 atom stereocenters. The number of anilines is 1. The summed E-state index contributed by atoms with van der Waals surface area (Å²) < 4.78 is 35.2. The van der Waals surface area contributed by atoms with E-state index in [0.717, 1.165) is 5.56 Å². The molecule has 0 fully saturated rings. The lowest BCUT2D eigenvalue weighted by Gasteiger charge is -2.22. The Kier molecular flexibility index (Phi) is 8.05. The molecule has 0 unspecified atom stereocenters. The summed E-state index contributed by atoms with van der Waals surface area (Å²) in [5.74, 6) is -2.12. The van der Waals surface area contributed by atoms with Crippen LogP contribution in [-0.2, 0) is 9.53 Å². The topological polar surface area (TPSA) is 76.5 Å². The molecule has 3 aromatic carbocycles. The van der Waals surface area contributed by atoms with Crippen LogP contribution in [0.3, 0.4) is 0 Å². The normalized spacial score (nSPS) is 10.8. The van der Waals surface area contributed by atoms with Gasteiger partial charge in [-0.3, -0.25) is 19.5 Å². The van der Waals surface area contributed by atoms with Crippen molar-refractivity contribution in [1.82, 2.24) is 14.5 Å². The Balaban J connectivity index is 1.63. The number of carbonyl (C=O) groups is 2. The minimum Gasteiger partial charge on any atom is -0.383 e. The number of aromatic nitrogens is 2. The van der Waals surface area contributed by atoms with E-state index < -0.39 is 23.4 Å². The minimum absolute atomic E-state index is 0.0734. The standard InChI is InChI=1S/C28H26F2N4O3/c1-19-12-13-21(16-24(19)30)34-17-25(20-8-4-3-5-9-20)31-28(34)32-26(35)18-33(14-15-37-2)27(36)22-10-6-7-11-23(22)29/h3-13,16-17H,14-15,18H2,1-2H3,(H,31,32,35). The van der Waals surface area contributed by atoms with E-state index in [9.17, 15) is 18.4 Å². The molecule has 0 radical (unpaired) electrons. The number of hydrogen-bond donors (Lipinski definition) is 1. The molecule has 190 valence electrons. The van der Waals surface area contributed by atoms with Crippen molar-refractivity contribution in [3.05, 3.63) is 102 Å². The SMILES string of the molecule is COCCN(CC(=O)Nc1nc(-c2ccccc2)cn1-c1ccc(C)c(F)c1)C(=O)c1ccccc1F. The number of nitrogens with zero attached hydrogens (tertiary/aromatic N) is 3. The largest absolute Gasteiger partial charge is 0.383 e. The van der Waals surface area contributed by atoms with Crippen molar-refractivity contribution in [2.24, 2.45) is 0 Å². The summed E-state index contributed by atoms with van der Waals surface area (Å²) in [4.78, 5) is 31.8. The van der Waals surface area contributed by atoms with Gasteiger partial charge in [0, 0.05) is 25.4 Å². The molecule has 1 heterocycles. The lowest BCUT2D eigenvalue weighted by atomic mass is 10.2. The summed E-state index contributed by atoms with van der Waals surface area (Å²) in [7, 11) is 1.47. The number of benzene rings is 3. The highest BCUT2D eigenvalue weighted by Gasteiger charge is 2.23. The Morgan fingerprint density at radius 3 is 2.43 bits per heavy atom. The first kappa shape index (κ1) is 25.7. The molecule has 7 nitrogen and oxygen atoms in total. The van der Waals surface area contributed by atoms with Crippen LogP contribution in [0.5, 0.6) is 0 Å². The van der Waals surface area contributed by atoms with E-state index in [1.807, 2.05) is 30.3 Å². The number of methoxy groups -OCH3 is 1. The molecule has 4 aromatic rings. The van der Waals surface area contributed by atoms with Gasteiger partial charge in [-0.05, 0) is 36.8 Å². The summed E-state index contributed by atoms with van der Waals surface area (Å²) in [5, 5.41) is 2.72. The van der Waals surface area contributed by atoms with Crippen LogP contribution in [0.15, 0.2) is 79.0 Å². The maximum atomic E-state index is 14.4. The first-order valence-electron chi connectivity index (χ1n) is 11.6. The predicted molar refractivity (Wildman–Crippen MR) is 137 cm³/mol. The Morgan fingerprint density at radius 1 is 1.00 bits per heavy atom. The zero-order valence-electron chi connectivity index (χ0n) is 20.4. The lowest BCUT2D eigenvalue weighted by Crippen LogP contribution is -2.40. The van der Waals surface area contributed by atoms with E-state index in [-0.39, 0.29) is 31.2 Å². The molecular weight excluding hydrogens is 478 g/mol. The third kappa shape index (κ3) is 6.07. The average Bonchev–Trinajstić information content (AvgIpc) is 3.32. The monoisotopic (exact) mass is 504 g/mol. The van der Waals surface area contributed by atoms with Crippen molar-refractivity contribution in [1.29, 1.82) is 0 Å². The number of ether oxygens (including phenoxy) is 1. The van der Waals surface area contributed by atoms with Crippen LogP contribution in [0.2, 0.25) is 0 Å². The molecule has 2 amide bonds. The predicted octanol–water partition coefficient (Wildman–Crippen LogP) is 4.85. The third-order valence-electron chi connectivity index (χ3n) is 5.75. The van der Waals surface area contributed by atoms with Crippen LogP contribution < -0.4 is 5.32 Å². The summed E-state index contributed by atoms with van der Waals surface area (Å²) in [5.41, 5.74) is 2.18. The van der Waals surface area contributed by atoms with E-state index in [1.54, 1.807) is 35.9 Å². The van der Waals surface area contributed by atoms with E-state index in [2.05, 4.69) is 10.3 Å². The quantitative estimate of drug-likeness (QED) is 0.354. The van der Waals surface area contributed by atoms with E-state index in [0.29, 0.717) is 16.9 Å². The Morgan fingerprint density at radius 2 is 1.73 bits per heavy atom. The first-order chi connectivity index (χ1) is 17.9. The number of halogens is 2. The Bertz CT molecular complexity index is 1410. The molecule has 37 heavy (non-hydrogen) atoms. The van der Waals surface area contributed by atoms with Crippen molar-refractivity contribution in [2.45, 2.75) is 6.92 Å². The fraction of sp³-hybridized carbons (Fsp3) is 0.179. The zero-order valence-corrected chi connectivity index (χ0v) is 20.4. The second-order valence-electron chi connectivity index (χ2n) is 8.37. The van der Waals surface area contributed by atoms with E-state index in [1.165, 1.54) is 36.3 Å². The van der Waals surface area contributed by atoms with E-state index in [4.69, 9.17) is 4.74 Å². The summed E-state index contributed by atoms with van der Waals surface area (Å²) in [6.45, 7) is 1.52. The van der Waals surface area contributed by atoms with Gasteiger partial charge in [0.25, 0.3) is 5.91 Å². The molecule has 0 aliphatic rings. The number of nitrogens with one attached hydrogen (secondary N) is 1. The molecule has 0 saturated carbocycles. The first-order valence-corrected chi connectivity index (χ1v) is 11.6. The molecular formula is C28H26F2N4O3. The molecule has 1 aromatic heterocycles. The van der Waals surface area contributed by atoms with Gasteiger partial charge in [0.2, 0.25) is 11.9 Å². The molecule has 1 N–H and O–H groups in total. The van der Waals surface area contributed by atoms with Crippen molar-refractivity contribution >= 4 is 17.8 Å². The fourth-order valence-corrected chi connectivity index (χ4v) is 3.74. The maximum Gasteiger partial charge on any atom is 0.257 e. The van der Waals surface area contributed by atoms with Gasteiger partial charge in [-0.15, -0.1) is 0 Å². The second-order valence-corrected chi connectivity index (χ2v) is 8.37. The summed E-state index contributed by atoms with van der Waals surface area (Å²) in [6.07, 6.45) is 1.70. The van der Waals surface area contributed by atoms with Crippen LogP contribution in [0, 0.1) is 18.6 Å². The van der Waals surface area contributed by atoms with Crippen LogP contribution in [0.1, 0.15) is 15.9 Å². The average molecular weight is 505 g/mol. The minimum atomic E-state index is -0.681. The number of rotatable bonds is 9. The summed E-state index contributed by atoms with van der Waals surface area (Å²) >= 11 is 0. The summed E-state index contributed by atoms with van der Waals surface area (Å²) in [6, 6.07) is 19.6. The van der Waals surface area contributed by atoms with Gasteiger partial charge in [0.1, 0.15) is 18.2 Å². The van der Waals surface area contributed by atoms with Gasteiger partial charge in [-0.2, -0.15) is 0 Å². The van der Waals surface area contributed by atoms with Gasteiger partial charge in [0.15, 0.2) is 0 Å². The smallest absolute Gasteiger partial charge is 0.257 e. The molecule has 4 rings (SSSR count). The highest BCUT2D eigenvalue weighted by Crippen LogP contribution is 2.25. The highest BCUT2D eigenvalue weighted by molar-refractivity contribution is 5.99. The van der Waals surface area contributed by atoms with Gasteiger partial charge < -0.3 is 9.64 Å². The number of imidazole rings is 1. The number of aryl methyl sites for hydroxylation is 1. The van der Waals surface area contributed by atoms with Crippen molar-refractivity contribution < 1.29 is 23.1 Å². The second kappa shape index (κ2) is 11.6. The van der Waals surface area contributed by atoms with Gasteiger partial charge in [-0.25, -0.2) is 13.8 Å². The van der Waals surface area contributed by atoms with Crippen molar-refractivity contribution in [3.8, 4) is 16.9 Å². The molecule has 0 aliphatic carbocycles. The number of amides is 2. The van der Waals surface area contributed by atoms with Crippen molar-refractivity contribution in [3.63, 3.8) is 0 Å². The van der Waals surface area contributed by atoms with Crippen LogP contribution in [0.25, 0.3) is 16.9 Å². The number of carbonyl (C=O) groups excluding carboxylic acids is 2. The zero-order chi connectivity index (χ0) is 26.4. The molecule has 9 heteroatoms. The van der Waals surface area contributed by atoms with E-state index >= 15 is 0 Å². The van der Waals surface area contributed by atoms with Gasteiger partial charge in [0.05, 0.1) is 23.6 Å². The number of hydrogen-bond acceptors (Lipinski definition) is 4. The molecule has 0 bridgehead atoms. The van der Waals surface area contributed by atoms with Crippen LogP contribution in [0.4, 0.5) is 14.7 Å². The molecule has 0 aliphatic heterocycles. The van der Waals surface area contributed by atoms with Crippen LogP contribution in [-0.4, -0.2) is 53.1 Å². The lowest BCUT2D eigenvalue weighted by molar-refractivity contribution is -0.117. The molecule has 0 saturated heterocycles. The van der Waals surface area contributed by atoms with Crippen LogP contribution >= 0.6 is 0 Å². The van der Waals surface area contributed by atoms with Crippen molar-refractivity contribution in [2.75, 3.05) is 32.1 Å².